The van der Waals surface area contributed by atoms with Crippen molar-refractivity contribution in [2.75, 3.05) is 0 Å². The lowest BCUT2D eigenvalue weighted by molar-refractivity contribution is 0.136. The van der Waals surface area contributed by atoms with E-state index >= 15 is 0 Å². The second-order valence-corrected chi connectivity index (χ2v) is 6.09. The molecule has 0 aliphatic heterocycles. The number of fused-ring (bicyclic) bond motifs is 1. The molecule has 2 aromatic carbocycles. The van der Waals surface area contributed by atoms with Gasteiger partial charge in [-0.25, -0.2) is 4.39 Å². The van der Waals surface area contributed by atoms with Gasteiger partial charge in [0, 0.05) is 5.56 Å². The van der Waals surface area contributed by atoms with Gasteiger partial charge in [-0.1, -0.05) is 25.6 Å². The van der Waals surface area contributed by atoms with Crippen LogP contribution in [0.25, 0.3) is 16.8 Å². The first-order valence-electron chi connectivity index (χ1n) is 7.68. The van der Waals surface area contributed by atoms with Gasteiger partial charge in [-0.15, -0.1) is 0 Å². The Morgan fingerprint density at radius 2 is 1.86 bits per heavy atom. The van der Waals surface area contributed by atoms with E-state index in [0.717, 1.165) is 35.3 Å². The minimum Gasteiger partial charge on any atom is -0.490 e. The lowest BCUT2D eigenvalue weighted by Gasteiger charge is -2.27. The fourth-order valence-electron chi connectivity index (χ4n) is 3.04. The van der Waals surface area contributed by atoms with E-state index in [2.05, 4.69) is 13.5 Å². The van der Waals surface area contributed by atoms with Crippen LogP contribution in [0.3, 0.4) is 0 Å². The predicted octanol–water partition coefficient (Wildman–Crippen LogP) is 5.58. The van der Waals surface area contributed by atoms with Gasteiger partial charge in [0.2, 0.25) is 0 Å². The molecule has 0 bridgehead atoms. The third kappa shape index (κ3) is 3.10. The first kappa shape index (κ1) is 14.1. The van der Waals surface area contributed by atoms with Crippen molar-refractivity contribution >= 4 is 16.8 Å². The van der Waals surface area contributed by atoms with Gasteiger partial charge < -0.3 is 4.74 Å². The van der Waals surface area contributed by atoms with E-state index in [1.54, 1.807) is 12.1 Å². The maximum absolute atomic E-state index is 13.7. The second-order valence-electron chi connectivity index (χ2n) is 6.09. The summed E-state index contributed by atoms with van der Waals surface area (Å²) >= 11 is 0. The van der Waals surface area contributed by atoms with Crippen LogP contribution in [-0.4, -0.2) is 6.10 Å². The van der Waals surface area contributed by atoms with Gasteiger partial charge in [0.1, 0.15) is 11.6 Å². The molecule has 1 nitrogen and oxygen atoms in total. The Morgan fingerprint density at radius 3 is 2.57 bits per heavy atom. The molecule has 0 unspecified atom stereocenters. The zero-order valence-corrected chi connectivity index (χ0v) is 12.4. The van der Waals surface area contributed by atoms with Crippen LogP contribution in [0.1, 0.15) is 38.2 Å². The number of hydrogen-bond acceptors (Lipinski definition) is 1. The van der Waals surface area contributed by atoms with Gasteiger partial charge >= 0.3 is 0 Å². The van der Waals surface area contributed by atoms with E-state index in [4.69, 9.17) is 4.74 Å². The molecule has 0 amide bonds. The van der Waals surface area contributed by atoms with E-state index in [9.17, 15) is 4.39 Å². The highest BCUT2D eigenvalue weighted by Gasteiger charge is 2.19. The molecule has 1 aliphatic carbocycles. The standard InChI is InChI=1S/C19H21FO/c1-3-14-10-16-11-18(9-6-15(16)12-19(14)20)21-17-7-4-13(2)5-8-17/h3,6,9-13,17H,1,4-5,7-8H2,2H3. The Hall–Kier alpha value is -1.83. The number of rotatable bonds is 3. The number of hydrogen-bond donors (Lipinski definition) is 0. The van der Waals surface area contributed by atoms with Crippen molar-refractivity contribution in [2.24, 2.45) is 5.92 Å². The lowest BCUT2D eigenvalue weighted by Crippen LogP contribution is -2.22. The molecule has 2 heteroatoms. The van der Waals surface area contributed by atoms with Gasteiger partial charge in [0.25, 0.3) is 0 Å². The molecule has 0 radical (unpaired) electrons. The van der Waals surface area contributed by atoms with Crippen LogP contribution in [0.5, 0.6) is 5.75 Å². The molecule has 0 N–H and O–H groups in total. The molecule has 3 rings (SSSR count). The quantitative estimate of drug-likeness (QED) is 0.715. The number of benzene rings is 2. The third-order valence-corrected chi connectivity index (χ3v) is 4.41. The second kappa shape index (κ2) is 5.88. The summed E-state index contributed by atoms with van der Waals surface area (Å²) in [7, 11) is 0. The zero-order valence-electron chi connectivity index (χ0n) is 12.4. The fraction of sp³-hybridized carbons (Fsp3) is 0.368. The summed E-state index contributed by atoms with van der Waals surface area (Å²) in [6, 6.07) is 9.24. The molecule has 1 aliphatic rings. The first-order valence-corrected chi connectivity index (χ1v) is 7.68. The van der Waals surface area contributed by atoms with Crippen molar-refractivity contribution in [3.63, 3.8) is 0 Å². The molecule has 0 aromatic heterocycles. The number of halogens is 1. The lowest BCUT2D eigenvalue weighted by atomic mass is 9.89. The van der Waals surface area contributed by atoms with E-state index in [-0.39, 0.29) is 5.82 Å². The molecule has 0 heterocycles. The van der Waals surface area contributed by atoms with E-state index in [0.29, 0.717) is 11.7 Å². The third-order valence-electron chi connectivity index (χ3n) is 4.41. The number of ether oxygens (including phenoxy) is 1. The van der Waals surface area contributed by atoms with Crippen molar-refractivity contribution in [3.05, 3.63) is 48.3 Å². The predicted molar refractivity (Wildman–Crippen MR) is 86.0 cm³/mol. The highest BCUT2D eigenvalue weighted by Crippen LogP contribution is 2.29. The fourth-order valence-corrected chi connectivity index (χ4v) is 3.04. The van der Waals surface area contributed by atoms with Crippen LogP contribution < -0.4 is 4.74 Å². The van der Waals surface area contributed by atoms with E-state index in [1.165, 1.54) is 12.8 Å². The smallest absolute Gasteiger partial charge is 0.131 e. The van der Waals surface area contributed by atoms with Crippen LogP contribution in [0.2, 0.25) is 0 Å². The van der Waals surface area contributed by atoms with Gasteiger partial charge in [0.15, 0.2) is 0 Å². The molecular weight excluding hydrogens is 263 g/mol. The Kier molecular flexibility index (Phi) is 3.96. The van der Waals surface area contributed by atoms with Crippen LogP contribution >= 0.6 is 0 Å². The monoisotopic (exact) mass is 284 g/mol. The summed E-state index contributed by atoms with van der Waals surface area (Å²) in [6.07, 6.45) is 6.60. The topological polar surface area (TPSA) is 9.23 Å². The van der Waals surface area contributed by atoms with Crippen LogP contribution in [0.15, 0.2) is 36.9 Å². The van der Waals surface area contributed by atoms with Gasteiger partial charge in [-0.05, 0) is 66.6 Å². The van der Waals surface area contributed by atoms with Gasteiger partial charge in [-0.3, -0.25) is 0 Å². The molecule has 1 fully saturated rings. The molecule has 21 heavy (non-hydrogen) atoms. The molecule has 2 aromatic rings. The summed E-state index contributed by atoms with van der Waals surface area (Å²) in [5.41, 5.74) is 0.533. The Morgan fingerprint density at radius 1 is 1.10 bits per heavy atom. The van der Waals surface area contributed by atoms with Crippen LogP contribution in [-0.2, 0) is 0 Å². The largest absolute Gasteiger partial charge is 0.490 e. The first-order chi connectivity index (χ1) is 10.2. The van der Waals surface area contributed by atoms with Crippen molar-refractivity contribution < 1.29 is 9.13 Å². The van der Waals surface area contributed by atoms with E-state index < -0.39 is 0 Å². The van der Waals surface area contributed by atoms with Gasteiger partial charge in [-0.2, -0.15) is 0 Å². The maximum Gasteiger partial charge on any atom is 0.131 e. The minimum atomic E-state index is -0.229. The normalized spacial score (nSPS) is 22.2. The summed E-state index contributed by atoms with van der Waals surface area (Å²) in [4.78, 5) is 0. The Balaban J connectivity index is 1.83. The van der Waals surface area contributed by atoms with E-state index in [1.807, 2.05) is 24.3 Å². The van der Waals surface area contributed by atoms with Crippen molar-refractivity contribution in [3.8, 4) is 5.75 Å². The summed E-state index contributed by atoms with van der Waals surface area (Å²) in [5, 5.41) is 1.88. The molecule has 0 atom stereocenters. The molecule has 1 saturated carbocycles. The van der Waals surface area contributed by atoms with Crippen molar-refractivity contribution in [1.82, 2.24) is 0 Å². The maximum atomic E-state index is 13.7. The average Bonchev–Trinajstić information content (AvgIpc) is 2.49. The average molecular weight is 284 g/mol. The van der Waals surface area contributed by atoms with Gasteiger partial charge in [0.05, 0.1) is 6.10 Å². The zero-order chi connectivity index (χ0) is 14.8. The SMILES string of the molecule is C=Cc1cc2cc(OC3CCC(C)CC3)ccc2cc1F. The summed E-state index contributed by atoms with van der Waals surface area (Å²) in [6.45, 7) is 5.95. The molecular formula is C19H21FO. The van der Waals surface area contributed by atoms with Crippen molar-refractivity contribution in [1.29, 1.82) is 0 Å². The van der Waals surface area contributed by atoms with Crippen molar-refractivity contribution in [2.45, 2.75) is 38.7 Å². The van der Waals surface area contributed by atoms with Crippen LogP contribution in [0.4, 0.5) is 4.39 Å². The highest BCUT2D eigenvalue weighted by molar-refractivity contribution is 5.86. The Labute approximate surface area is 125 Å². The molecule has 110 valence electrons. The molecule has 0 spiro atoms. The minimum absolute atomic E-state index is 0.229. The summed E-state index contributed by atoms with van der Waals surface area (Å²) in [5.74, 6) is 1.47. The Bertz CT molecular complexity index is 654. The summed E-state index contributed by atoms with van der Waals surface area (Å²) < 4.78 is 19.8. The highest BCUT2D eigenvalue weighted by atomic mass is 19.1. The molecule has 0 saturated heterocycles. The van der Waals surface area contributed by atoms with Crippen LogP contribution in [0, 0.1) is 11.7 Å².